The summed E-state index contributed by atoms with van der Waals surface area (Å²) in [6.07, 6.45) is -1.84. The van der Waals surface area contributed by atoms with E-state index in [-0.39, 0.29) is 24.4 Å². The van der Waals surface area contributed by atoms with Crippen LogP contribution in [0.3, 0.4) is 0 Å². The number of amides is 1. The lowest BCUT2D eigenvalue weighted by molar-refractivity contribution is 0.0572. The van der Waals surface area contributed by atoms with Gasteiger partial charge in [0.15, 0.2) is 0 Å². The lowest BCUT2D eigenvalue weighted by Gasteiger charge is -2.16. The second kappa shape index (κ2) is 4.64. The van der Waals surface area contributed by atoms with Crippen molar-refractivity contribution in [2.24, 2.45) is 0 Å². The van der Waals surface area contributed by atoms with E-state index in [4.69, 9.17) is 0 Å². The van der Waals surface area contributed by atoms with Gasteiger partial charge in [-0.25, -0.2) is 0 Å². The standard InChI is InChI=1S/C11H12BrNO4/c12-6-1-2-7(8(14)3-6)11(17)13-4-9(15)10(16)5-13/h1-3,9-10,14-16H,4-5H2/t9-,10+. The van der Waals surface area contributed by atoms with Gasteiger partial charge in [-0.05, 0) is 18.2 Å². The summed E-state index contributed by atoms with van der Waals surface area (Å²) < 4.78 is 0.674. The number of aromatic hydroxyl groups is 1. The van der Waals surface area contributed by atoms with Gasteiger partial charge < -0.3 is 20.2 Å². The number of phenolic OH excluding ortho intramolecular Hbond substituents is 1. The van der Waals surface area contributed by atoms with Crippen molar-refractivity contribution in [2.45, 2.75) is 12.2 Å². The molecule has 92 valence electrons. The van der Waals surface area contributed by atoms with Crippen LogP contribution >= 0.6 is 15.9 Å². The molecule has 0 bridgehead atoms. The molecular weight excluding hydrogens is 290 g/mol. The number of hydrogen-bond donors (Lipinski definition) is 3. The second-order valence-corrected chi connectivity index (χ2v) is 4.92. The van der Waals surface area contributed by atoms with Crippen molar-refractivity contribution in [3.05, 3.63) is 28.2 Å². The van der Waals surface area contributed by atoms with E-state index in [1.807, 2.05) is 0 Å². The Balaban J connectivity index is 2.20. The van der Waals surface area contributed by atoms with E-state index in [1.165, 1.54) is 17.0 Å². The summed E-state index contributed by atoms with van der Waals surface area (Å²) in [5, 5.41) is 28.4. The van der Waals surface area contributed by atoms with Gasteiger partial charge in [-0.1, -0.05) is 15.9 Å². The average Bonchev–Trinajstić information content (AvgIpc) is 2.58. The molecule has 0 unspecified atom stereocenters. The molecule has 3 N–H and O–H groups in total. The largest absolute Gasteiger partial charge is 0.507 e. The van der Waals surface area contributed by atoms with Gasteiger partial charge in [0.1, 0.15) is 5.75 Å². The van der Waals surface area contributed by atoms with E-state index >= 15 is 0 Å². The number of rotatable bonds is 1. The third kappa shape index (κ3) is 2.43. The maximum atomic E-state index is 12.0. The Bertz CT molecular complexity index is 441. The first kappa shape index (κ1) is 12.3. The van der Waals surface area contributed by atoms with Gasteiger partial charge in [0.2, 0.25) is 0 Å². The van der Waals surface area contributed by atoms with Crippen LogP contribution in [0.4, 0.5) is 0 Å². The second-order valence-electron chi connectivity index (χ2n) is 4.01. The van der Waals surface area contributed by atoms with Crippen molar-refractivity contribution in [1.82, 2.24) is 4.90 Å². The van der Waals surface area contributed by atoms with Crippen molar-refractivity contribution in [2.75, 3.05) is 13.1 Å². The quantitative estimate of drug-likeness (QED) is 0.698. The summed E-state index contributed by atoms with van der Waals surface area (Å²) in [6.45, 7) is 0.158. The van der Waals surface area contributed by atoms with Gasteiger partial charge in [0.05, 0.1) is 17.8 Å². The van der Waals surface area contributed by atoms with Crippen LogP contribution in [0.15, 0.2) is 22.7 Å². The van der Waals surface area contributed by atoms with Crippen molar-refractivity contribution >= 4 is 21.8 Å². The molecule has 1 heterocycles. The molecule has 0 saturated carbocycles. The topological polar surface area (TPSA) is 81.0 Å². The summed E-state index contributed by atoms with van der Waals surface area (Å²) in [6, 6.07) is 4.57. The third-order valence-corrected chi connectivity index (χ3v) is 3.23. The van der Waals surface area contributed by atoms with E-state index in [1.54, 1.807) is 6.07 Å². The zero-order chi connectivity index (χ0) is 12.6. The number of benzene rings is 1. The average molecular weight is 302 g/mol. The molecule has 1 aliphatic rings. The molecular formula is C11H12BrNO4. The maximum Gasteiger partial charge on any atom is 0.257 e. The highest BCUT2D eigenvalue weighted by Gasteiger charge is 2.33. The fourth-order valence-electron chi connectivity index (χ4n) is 1.79. The molecule has 1 saturated heterocycles. The predicted molar refractivity (Wildman–Crippen MR) is 63.7 cm³/mol. The Morgan fingerprint density at radius 1 is 1.29 bits per heavy atom. The molecule has 0 aromatic heterocycles. The highest BCUT2D eigenvalue weighted by molar-refractivity contribution is 9.10. The molecule has 0 spiro atoms. The van der Waals surface area contributed by atoms with Crippen molar-refractivity contribution in [1.29, 1.82) is 0 Å². The summed E-state index contributed by atoms with van der Waals surface area (Å²) in [5.74, 6) is -0.522. The summed E-state index contributed by atoms with van der Waals surface area (Å²) in [4.78, 5) is 13.3. The van der Waals surface area contributed by atoms with Gasteiger partial charge in [0.25, 0.3) is 5.91 Å². The Kier molecular flexibility index (Phi) is 3.37. The Hall–Kier alpha value is -1.11. The zero-order valence-corrected chi connectivity index (χ0v) is 10.5. The third-order valence-electron chi connectivity index (χ3n) is 2.74. The zero-order valence-electron chi connectivity index (χ0n) is 8.88. The number of carbonyl (C=O) groups is 1. The molecule has 1 aromatic rings. The van der Waals surface area contributed by atoms with Crippen LogP contribution in [0.1, 0.15) is 10.4 Å². The Labute approximate surface area is 106 Å². The van der Waals surface area contributed by atoms with Gasteiger partial charge in [-0.3, -0.25) is 4.79 Å². The molecule has 5 nitrogen and oxygen atoms in total. The molecule has 1 aliphatic heterocycles. The van der Waals surface area contributed by atoms with E-state index in [2.05, 4.69) is 15.9 Å². The number of aliphatic hydroxyl groups is 2. The molecule has 17 heavy (non-hydrogen) atoms. The van der Waals surface area contributed by atoms with Crippen LogP contribution in [-0.2, 0) is 0 Å². The summed E-state index contributed by atoms with van der Waals surface area (Å²) in [5.41, 5.74) is 0.162. The minimum atomic E-state index is -0.920. The number of likely N-dealkylation sites (tertiary alicyclic amines) is 1. The SMILES string of the molecule is O=C(c1ccc(Br)cc1O)N1C[C@@H](O)[C@@H](O)C1. The van der Waals surface area contributed by atoms with Gasteiger partial charge in [-0.15, -0.1) is 0 Å². The van der Waals surface area contributed by atoms with Crippen LogP contribution < -0.4 is 0 Å². The number of nitrogens with zero attached hydrogens (tertiary/aromatic N) is 1. The minimum Gasteiger partial charge on any atom is -0.507 e. The summed E-state index contributed by atoms with van der Waals surface area (Å²) in [7, 11) is 0. The molecule has 0 radical (unpaired) electrons. The monoisotopic (exact) mass is 301 g/mol. The smallest absolute Gasteiger partial charge is 0.257 e. The number of aliphatic hydroxyl groups excluding tert-OH is 2. The van der Waals surface area contributed by atoms with Crippen molar-refractivity contribution in [3.63, 3.8) is 0 Å². The fourth-order valence-corrected chi connectivity index (χ4v) is 2.14. The first-order valence-corrected chi connectivity index (χ1v) is 5.92. The number of β-amino-alcohol motifs (C(OH)–C–C–N with tert-alkyl or cyclic N) is 2. The van der Waals surface area contributed by atoms with Crippen LogP contribution in [-0.4, -0.2) is 51.4 Å². The van der Waals surface area contributed by atoms with Crippen molar-refractivity contribution in [3.8, 4) is 5.75 Å². The minimum absolute atomic E-state index is 0.0789. The van der Waals surface area contributed by atoms with Gasteiger partial charge >= 0.3 is 0 Å². The molecule has 1 amide bonds. The number of phenols is 1. The molecule has 0 aliphatic carbocycles. The van der Waals surface area contributed by atoms with Gasteiger partial charge in [0, 0.05) is 17.6 Å². The van der Waals surface area contributed by atoms with Crippen LogP contribution in [0, 0.1) is 0 Å². The molecule has 6 heteroatoms. The molecule has 1 aromatic carbocycles. The molecule has 1 fully saturated rings. The number of hydrogen-bond acceptors (Lipinski definition) is 4. The van der Waals surface area contributed by atoms with E-state index < -0.39 is 18.1 Å². The van der Waals surface area contributed by atoms with E-state index in [0.717, 1.165) is 0 Å². The Morgan fingerprint density at radius 2 is 1.88 bits per heavy atom. The van der Waals surface area contributed by atoms with Crippen LogP contribution in [0.2, 0.25) is 0 Å². The first-order chi connectivity index (χ1) is 7.99. The molecule has 2 atom stereocenters. The summed E-state index contributed by atoms with van der Waals surface area (Å²) >= 11 is 3.18. The maximum absolute atomic E-state index is 12.0. The van der Waals surface area contributed by atoms with Gasteiger partial charge in [-0.2, -0.15) is 0 Å². The normalized spacial score (nSPS) is 24.1. The molecule has 2 rings (SSSR count). The van der Waals surface area contributed by atoms with Crippen LogP contribution in [0.5, 0.6) is 5.75 Å². The number of halogens is 1. The predicted octanol–water partition coefficient (Wildman–Crippen LogP) is 0.332. The van der Waals surface area contributed by atoms with E-state index in [9.17, 15) is 20.1 Å². The van der Waals surface area contributed by atoms with Crippen molar-refractivity contribution < 1.29 is 20.1 Å². The first-order valence-electron chi connectivity index (χ1n) is 5.13. The highest BCUT2D eigenvalue weighted by Crippen LogP contribution is 2.25. The lowest BCUT2D eigenvalue weighted by Crippen LogP contribution is -2.29. The highest BCUT2D eigenvalue weighted by atomic mass is 79.9. The van der Waals surface area contributed by atoms with E-state index in [0.29, 0.717) is 4.47 Å². The Morgan fingerprint density at radius 3 is 2.41 bits per heavy atom. The van der Waals surface area contributed by atoms with Crippen LogP contribution in [0.25, 0.3) is 0 Å². The lowest BCUT2D eigenvalue weighted by atomic mass is 10.2. The fraction of sp³-hybridized carbons (Fsp3) is 0.364. The number of carbonyl (C=O) groups excluding carboxylic acids is 1.